The van der Waals surface area contributed by atoms with Gasteiger partial charge >= 0.3 is 0 Å². The van der Waals surface area contributed by atoms with Crippen LogP contribution >= 0.6 is 0 Å². The van der Waals surface area contributed by atoms with Crippen LogP contribution in [-0.2, 0) is 20.2 Å². The van der Waals surface area contributed by atoms with E-state index in [1.54, 1.807) is 10.9 Å². The van der Waals surface area contributed by atoms with Gasteiger partial charge in [0.05, 0.1) is 18.1 Å². The zero-order chi connectivity index (χ0) is 14.4. The second-order valence-corrected chi connectivity index (χ2v) is 5.32. The van der Waals surface area contributed by atoms with E-state index in [4.69, 9.17) is 4.74 Å². The summed E-state index contributed by atoms with van der Waals surface area (Å²) >= 11 is 0. The molecule has 0 unspecified atom stereocenters. The second-order valence-electron chi connectivity index (χ2n) is 5.32. The summed E-state index contributed by atoms with van der Waals surface area (Å²) in [5.74, 6) is 1.42. The van der Waals surface area contributed by atoms with Crippen LogP contribution in [0.2, 0.25) is 0 Å². The summed E-state index contributed by atoms with van der Waals surface area (Å²) in [5, 5.41) is 7.45. The Hall–Kier alpha value is -1.88. The number of hydrogen-bond donors (Lipinski definition) is 1. The Balaban J connectivity index is 1.79. The standard InChI is InChI=1S/C15H22N4O/c1-12(2)6-16-7-13-4-5-14(17-8-13)11-20-15-9-18-19(3)10-15/h4-5,8-10,12,16H,6-7,11H2,1-3H3. The van der Waals surface area contributed by atoms with Crippen molar-refractivity contribution in [1.82, 2.24) is 20.1 Å². The second kappa shape index (κ2) is 7.05. The van der Waals surface area contributed by atoms with E-state index in [0.29, 0.717) is 12.5 Å². The van der Waals surface area contributed by atoms with Crippen LogP contribution in [0.4, 0.5) is 0 Å². The van der Waals surface area contributed by atoms with Crippen LogP contribution in [0, 0.1) is 5.92 Å². The van der Waals surface area contributed by atoms with Gasteiger partial charge in [-0.3, -0.25) is 9.67 Å². The van der Waals surface area contributed by atoms with Gasteiger partial charge in [-0.2, -0.15) is 5.10 Å². The maximum Gasteiger partial charge on any atom is 0.157 e. The van der Waals surface area contributed by atoms with E-state index in [1.165, 1.54) is 5.56 Å². The van der Waals surface area contributed by atoms with E-state index in [2.05, 4.69) is 35.3 Å². The van der Waals surface area contributed by atoms with Gasteiger partial charge in [0.15, 0.2) is 5.75 Å². The molecule has 5 heteroatoms. The molecule has 5 nitrogen and oxygen atoms in total. The zero-order valence-corrected chi connectivity index (χ0v) is 12.3. The summed E-state index contributed by atoms with van der Waals surface area (Å²) in [6.45, 7) is 6.74. The summed E-state index contributed by atoms with van der Waals surface area (Å²) in [6.07, 6.45) is 5.43. The average molecular weight is 274 g/mol. The Morgan fingerprint density at radius 3 is 2.75 bits per heavy atom. The van der Waals surface area contributed by atoms with E-state index in [-0.39, 0.29) is 0 Å². The highest BCUT2D eigenvalue weighted by molar-refractivity contribution is 5.15. The average Bonchev–Trinajstić information content (AvgIpc) is 2.83. The fourth-order valence-electron chi connectivity index (χ4n) is 1.78. The van der Waals surface area contributed by atoms with Gasteiger partial charge in [-0.25, -0.2) is 0 Å². The van der Waals surface area contributed by atoms with Crippen LogP contribution in [0.3, 0.4) is 0 Å². The molecule has 0 fully saturated rings. The number of nitrogens with zero attached hydrogens (tertiary/aromatic N) is 3. The number of hydrogen-bond acceptors (Lipinski definition) is 4. The third-order valence-corrected chi connectivity index (χ3v) is 2.84. The molecule has 0 aromatic carbocycles. The number of ether oxygens (including phenoxy) is 1. The van der Waals surface area contributed by atoms with Crippen molar-refractivity contribution in [3.05, 3.63) is 42.0 Å². The normalized spacial score (nSPS) is 11.0. The molecule has 0 spiro atoms. The maximum absolute atomic E-state index is 5.60. The first-order chi connectivity index (χ1) is 9.63. The van der Waals surface area contributed by atoms with Crippen LogP contribution in [0.5, 0.6) is 5.75 Å². The van der Waals surface area contributed by atoms with Crippen LogP contribution in [-0.4, -0.2) is 21.3 Å². The van der Waals surface area contributed by atoms with Crippen molar-refractivity contribution in [3.8, 4) is 5.75 Å². The molecule has 2 aromatic rings. The molecular formula is C15H22N4O. The highest BCUT2D eigenvalue weighted by atomic mass is 16.5. The molecular weight excluding hydrogens is 252 g/mol. The van der Waals surface area contributed by atoms with Crippen LogP contribution in [0.15, 0.2) is 30.7 Å². The Morgan fingerprint density at radius 2 is 2.15 bits per heavy atom. The van der Waals surface area contributed by atoms with Crippen molar-refractivity contribution < 1.29 is 4.74 Å². The topological polar surface area (TPSA) is 52.0 Å². The van der Waals surface area contributed by atoms with Crippen LogP contribution in [0.1, 0.15) is 25.1 Å². The molecule has 0 bridgehead atoms. The summed E-state index contributed by atoms with van der Waals surface area (Å²) in [4.78, 5) is 4.41. The number of pyridine rings is 1. The van der Waals surface area contributed by atoms with Gasteiger partial charge in [0.2, 0.25) is 0 Å². The molecule has 20 heavy (non-hydrogen) atoms. The Kier molecular flexibility index (Phi) is 5.12. The van der Waals surface area contributed by atoms with Crippen molar-refractivity contribution in [2.75, 3.05) is 6.54 Å². The van der Waals surface area contributed by atoms with Gasteiger partial charge in [0.25, 0.3) is 0 Å². The van der Waals surface area contributed by atoms with Crippen molar-refractivity contribution >= 4 is 0 Å². The molecule has 0 saturated carbocycles. The van der Waals surface area contributed by atoms with Crippen molar-refractivity contribution in [3.63, 3.8) is 0 Å². The molecule has 0 aliphatic rings. The molecule has 0 aliphatic carbocycles. The molecule has 0 atom stereocenters. The van der Waals surface area contributed by atoms with Gasteiger partial charge in [-0.05, 0) is 24.1 Å². The van der Waals surface area contributed by atoms with E-state index < -0.39 is 0 Å². The minimum atomic E-state index is 0.464. The number of aryl methyl sites for hydroxylation is 1. The largest absolute Gasteiger partial charge is 0.484 e. The quantitative estimate of drug-likeness (QED) is 0.840. The minimum Gasteiger partial charge on any atom is -0.484 e. The van der Waals surface area contributed by atoms with Gasteiger partial charge in [0, 0.05) is 19.8 Å². The molecule has 1 N–H and O–H groups in total. The molecule has 0 radical (unpaired) electrons. The van der Waals surface area contributed by atoms with Crippen molar-refractivity contribution in [2.45, 2.75) is 27.0 Å². The lowest BCUT2D eigenvalue weighted by atomic mass is 10.2. The van der Waals surface area contributed by atoms with E-state index in [0.717, 1.165) is 24.5 Å². The molecule has 0 saturated heterocycles. The molecule has 2 aromatic heterocycles. The lowest BCUT2D eigenvalue weighted by Crippen LogP contribution is -2.19. The minimum absolute atomic E-state index is 0.464. The molecule has 0 amide bonds. The Labute approximate surface area is 120 Å². The maximum atomic E-state index is 5.60. The summed E-state index contributed by atoms with van der Waals surface area (Å²) in [5.41, 5.74) is 2.11. The van der Waals surface area contributed by atoms with Gasteiger partial charge < -0.3 is 10.1 Å². The predicted octanol–water partition coefficient (Wildman–Crippen LogP) is 2.14. The van der Waals surface area contributed by atoms with Gasteiger partial charge in [-0.1, -0.05) is 19.9 Å². The van der Waals surface area contributed by atoms with E-state index >= 15 is 0 Å². The molecule has 0 aliphatic heterocycles. The predicted molar refractivity (Wildman–Crippen MR) is 78.3 cm³/mol. The smallest absolute Gasteiger partial charge is 0.157 e. The Morgan fingerprint density at radius 1 is 1.30 bits per heavy atom. The SMILES string of the molecule is CC(C)CNCc1ccc(COc2cnn(C)c2)nc1. The highest BCUT2D eigenvalue weighted by Crippen LogP contribution is 2.10. The molecule has 108 valence electrons. The van der Waals surface area contributed by atoms with E-state index in [1.807, 2.05) is 25.5 Å². The molecule has 2 rings (SSSR count). The van der Waals surface area contributed by atoms with Crippen molar-refractivity contribution in [1.29, 1.82) is 0 Å². The van der Waals surface area contributed by atoms with Gasteiger partial charge in [-0.15, -0.1) is 0 Å². The fourth-order valence-corrected chi connectivity index (χ4v) is 1.78. The lowest BCUT2D eigenvalue weighted by molar-refractivity contribution is 0.301. The highest BCUT2D eigenvalue weighted by Gasteiger charge is 2.00. The number of aromatic nitrogens is 3. The first-order valence-corrected chi connectivity index (χ1v) is 6.89. The third kappa shape index (κ3) is 4.66. The fraction of sp³-hybridized carbons (Fsp3) is 0.467. The van der Waals surface area contributed by atoms with Crippen molar-refractivity contribution in [2.24, 2.45) is 13.0 Å². The summed E-state index contributed by atoms with van der Waals surface area (Å²) in [6, 6.07) is 4.09. The monoisotopic (exact) mass is 274 g/mol. The summed E-state index contributed by atoms with van der Waals surface area (Å²) in [7, 11) is 1.87. The van der Waals surface area contributed by atoms with Crippen LogP contribution in [0.25, 0.3) is 0 Å². The first kappa shape index (κ1) is 14.5. The number of rotatable bonds is 7. The van der Waals surface area contributed by atoms with Crippen LogP contribution < -0.4 is 10.1 Å². The third-order valence-electron chi connectivity index (χ3n) is 2.84. The van der Waals surface area contributed by atoms with Gasteiger partial charge in [0.1, 0.15) is 6.61 Å². The zero-order valence-electron chi connectivity index (χ0n) is 12.3. The Bertz CT molecular complexity index is 519. The molecule has 2 heterocycles. The van der Waals surface area contributed by atoms with E-state index in [9.17, 15) is 0 Å². The summed E-state index contributed by atoms with van der Waals surface area (Å²) < 4.78 is 7.32. The lowest BCUT2D eigenvalue weighted by Gasteiger charge is -2.08. The number of nitrogens with one attached hydrogen (secondary N) is 1. The first-order valence-electron chi connectivity index (χ1n) is 6.89.